The van der Waals surface area contributed by atoms with Crippen molar-refractivity contribution in [1.82, 2.24) is 4.90 Å². The van der Waals surface area contributed by atoms with Gasteiger partial charge in [-0.25, -0.2) is 9.59 Å². The topological polar surface area (TPSA) is 55.8 Å². The average Bonchev–Trinajstić information content (AvgIpc) is 2.65. The first-order chi connectivity index (χ1) is 12.4. The van der Waals surface area contributed by atoms with E-state index >= 15 is 0 Å². The minimum absolute atomic E-state index is 0.0425. The van der Waals surface area contributed by atoms with E-state index < -0.39 is 0 Å². The molecule has 0 aromatic heterocycles. The number of rotatable bonds is 6. The van der Waals surface area contributed by atoms with Gasteiger partial charge in [0.05, 0.1) is 12.7 Å². The summed E-state index contributed by atoms with van der Waals surface area (Å²) in [5.41, 5.74) is 2.27. The molecule has 0 saturated heterocycles. The Hall–Kier alpha value is -2.09. The number of amides is 1. The highest BCUT2D eigenvalue weighted by atomic mass is 127. The minimum atomic E-state index is -0.390. The van der Waals surface area contributed by atoms with Gasteiger partial charge in [-0.2, -0.15) is 0 Å². The molecule has 0 fully saturated rings. The average molecular weight is 467 g/mol. The van der Waals surface area contributed by atoms with E-state index in [-0.39, 0.29) is 24.7 Å². The smallest absolute Gasteiger partial charge is 0.410 e. The lowest BCUT2D eigenvalue weighted by Gasteiger charge is -2.26. The van der Waals surface area contributed by atoms with Crippen molar-refractivity contribution in [1.29, 1.82) is 0 Å². The van der Waals surface area contributed by atoms with Crippen LogP contribution in [0.2, 0.25) is 0 Å². The summed E-state index contributed by atoms with van der Waals surface area (Å²) in [4.78, 5) is 26.0. The summed E-state index contributed by atoms with van der Waals surface area (Å²) in [7, 11) is 1.35. The highest BCUT2D eigenvalue weighted by Gasteiger charge is 2.20. The molecule has 0 aliphatic heterocycles. The SMILES string of the molecule is COC(=O)c1cc(CN(C(=O)OCc2ccccc2)C(C)C)ccc1I. The highest BCUT2D eigenvalue weighted by molar-refractivity contribution is 14.1. The maximum atomic E-state index is 12.5. The van der Waals surface area contributed by atoms with Crippen molar-refractivity contribution in [3.05, 3.63) is 68.8 Å². The van der Waals surface area contributed by atoms with Crippen LogP contribution in [0.3, 0.4) is 0 Å². The molecule has 0 radical (unpaired) electrons. The molecule has 0 N–H and O–H groups in total. The molecule has 0 bridgehead atoms. The van der Waals surface area contributed by atoms with E-state index in [1.807, 2.05) is 56.3 Å². The third-order valence-electron chi connectivity index (χ3n) is 3.85. The van der Waals surface area contributed by atoms with Gasteiger partial charge < -0.3 is 14.4 Å². The number of methoxy groups -OCH3 is 1. The lowest BCUT2D eigenvalue weighted by atomic mass is 10.1. The monoisotopic (exact) mass is 467 g/mol. The number of nitrogens with zero attached hydrogens (tertiary/aromatic N) is 1. The van der Waals surface area contributed by atoms with Gasteiger partial charge in [-0.3, -0.25) is 0 Å². The molecule has 0 aliphatic rings. The summed E-state index contributed by atoms with van der Waals surface area (Å²) in [6.07, 6.45) is -0.387. The van der Waals surface area contributed by atoms with E-state index in [4.69, 9.17) is 9.47 Å². The highest BCUT2D eigenvalue weighted by Crippen LogP contribution is 2.18. The van der Waals surface area contributed by atoms with Crippen LogP contribution in [-0.2, 0) is 22.6 Å². The Balaban J connectivity index is 2.10. The van der Waals surface area contributed by atoms with Crippen molar-refractivity contribution in [2.45, 2.75) is 33.0 Å². The van der Waals surface area contributed by atoms with Gasteiger partial charge in [0.25, 0.3) is 0 Å². The van der Waals surface area contributed by atoms with E-state index in [2.05, 4.69) is 22.6 Å². The van der Waals surface area contributed by atoms with E-state index in [9.17, 15) is 9.59 Å². The number of carbonyl (C=O) groups is 2. The first-order valence-corrected chi connectivity index (χ1v) is 9.34. The van der Waals surface area contributed by atoms with Crippen molar-refractivity contribution in [3.8, 4) is 0 Å². The lowest BCUT2D eigenvalue weighted by molar-refractivity contribution is 0.0599. The third kappa shape index (κ3) is 5.45. The number of hydrogen-bond acceptors (Lipinski definition) is 4. The van der Waals surface area contributed by atoms with Crippen LogP contribution in [0.1, 0.15) is 35.3 Å². The summed E-state index contributed by atoms with van der Waals surface area (Å²) >= 11 is 2.09. The van der Waals surface area contributed by atoms with Crippen molar-refractivity contribution >= 4 is 34.7 Å². The maximum absolute atomic E-state index is 12.5. The van der Waals surface area contributed by atoms with Crippen LogP contribution in [0.5, 0.6) is 0 Å². The second-order valence-electron chi connectivity index (χ2n) is 6.07. The van der Waals surface area contributed by atoms with Gasteiger partial charge in [-0.15, -0.1) is 0 Å². The van der Waals surface area contributed by atoms with Gasteiger partial charge >= 0.3 is 12.1 Å². The minimum Gasteiger partial charge on any atom is -0.465 e. The zero-order chi connectivity index (χ0) is 19.1. The van der Waals surface area contributed by atoms with Crippen molar-refractivity contribution in [3.63, 3.8) is 0 Å². The van der Waals surface area contributed by atoms with Crippen molar-refractivity contribution in [2.24, 2.45) is 0 Å². The number of benzene rings is 2. The number of carbonyl (C=O) groups excluding carboxylic acids is 2. The van der Waals surface area contributed by atoms with Gasteiger partial charge in [0, 0.05) is 16.2 Å². The second kappa shape index (κ2) is 9.56. The summed E-state index contributed by atoms with van der Waals surface area (Å²) in [6, 6.07) is 15.0. The van der Waals surface area contributed by atoms with Crippen LogP contribution in [0.15, 0.2) is 48.5 Å². The molecule has 5 nitrogen and oxygen atoms in total. The molecule has 0 saturated carbocycles. The van der Waals surface area contributed by atoms with Crippen LogP contribution in [-0.4, -0.2) is 30.1 Å². The molecule has 138 valence electrons. The van der Waals surface area contributed by atoms with Crippen LogP contribution < -0.4 is 0 Å². The van der Waals surface area contributed by atoms with E-state index in [0.717, 1.165) is 14.7 Å². The third-order valence-corrected chi connectivity index (χ3v) is 4.79. The van der Waals surface area contributed by atoms with Gasteiger partial charge in [0.2, 0.25) is 0 Å². The Labute approximate surface area is 167 Å². The molecular weight excluding hydrogens is 445 g/mol. The van der Waals surface area contributed by atoms with Crippen molar-refractivity contribution in [2.75, 3.05) is 7.11 Å². The molecular formula is C20H22INO4. The first kappa shape index (κ1) is 20.2. The molecule has 26 heavy (non-hydrogen) atoms. The maximum Gasteiger partial charge on any atom is 0.410 e. The predicted molar refractivity (Wildman–Crippen MR) is 108 cm³/mol. The molecule has 0 unspecified atom stereocenters. The molecule has 0 aliphatic carbocycles. The molecule has 0 spiro atoms. The number of hydrogen-bond donors (Lipinski definition) is 0. The Morgan fingerprint density at radius 2 is 1.77 bits per heavy atom. The zero-order valence-corrected chi connectivity index (χ0v) is 17.2. The zero-order valence-electron chi connectivity index (χ0n) is 15.1. The standard InChI is InChI=1S/C20H22INO4/c1-14(2)22(20(24)26-13-15-7-5-4-6-8-15)12-16-9-10-18(21)17(11-16)19(23)25-3/h4-11,14H,12-13H2,1-3H3. The molecule has 2 aromatic rings. The number of halogens is 1. The van der Waals surface area contributed by atoms with Crippen molar-refractivity contribution < 1.29 is 19.1 Å². The molecule has 2 rings (SSSR count). The number of ether oxygens (including phenoxy) is 2. The normalized spacial score (nSPS) is 10.5. The largest absolute Gasteiger partial charge is 0.465 e. The molecule has 0 atom stereocenters. The Morgan fingerprint density at radius 3 is 2.38 bits per heavy atom. The van der Waals surface area contributed by atoms with Crippen LogP contribution >= 0.6 is 22.6 Å². The lowest BCUT2D eigenvalue weighted by Crippen LogP contribution is -2.36. The van der Waals surface area contributed by atoms with E-state index in [1.54, 1.807) is 11.0 Å². The van der Waals surface area contributed by atoms with Crippen LogP contribution in [0, 0.1) is 3.57 Å². The molecule has 1 amide bonds. The Bertz CT molecular complexity index is 762. The fourth-order valence-corrected chi connectivity index (χ4v) is 2.95. The summed E-state index contributed by atoms with van der Waals surface area (Å²) < 4.78 is 11.1. The fourth-order valence-electron chi connectivity index (χ4n) is 2.39. The fraction of sp³-hybridized carbons (Fsp3) is 0.300. The summed E-state index contributed by atoms with van der Waals surface area (Å²) in [5.74, 6) is -0.390. The van der Waals surface area contributed by atoms with Crippen LogP contribution in [0.25, 0.3) is 0 Å². The van der Waals surface area contributed by atoms with Gasteiger partial charge in [-0.05, 0) is 59.7 Å². The Morgan fingerprint density at radius 1 is 1.08 bits per heavy atom. The first-order valence-electron chi connectivity index (χ1n) is 8.26. The van der Waals surface area contributed by atoms with Gasteiger partial charge in [0.15, 0.2) is 0 Å². The number of esters is 1. The molecule has 6 heteroatoms. The van der Waals surface area contributed by atoms with Gasteiger partial charge in [0.1, 0.15) is 6.61 Å². The Kier molecular flexibility index (Phi) is 7.44. The predicted octanol–water partition coefficient (Wildman–Crippen LogP) is 4.63. The van der Waals surface area contributed by atoms with E-state index in [1.165, 1.54) is 7.11 Å². The quantitative estimate of drug-likeness (QED) is 0.460. The van der Waals surface area contributed by atoms with Crippen LogP contribution in [0.4, 0.5) is 4.79 Å². The summed E-state index contributed by atoms with van der Waals surface area (Å²) in [5, 5.41) is 0. The van der Waals surface area contributed by atoms with Gasteiger partial charge in [-0.1, -0.05) is 36.4 Å². The van der Waals surface area contributed by atoms with E-state index in [0.29, 0.717) is 12.1 Å². The second-order valence-corrected chi connectivity index (χ2v) is 7.23. The molecule has 2 aromatic carbocycles. The summed E-state index contributed by atoms with van der Waals surface area (Å²) in [6.45, 7) is 4.44. The molecule has 0 heterocycles.